The summed E-state index contributed by atoms with van der Waals surface area (Å²) in [6, 6.07) is 10.9. The van der Waals surface area contributed by atoms with Gasteiger partial charge in [0.25, 0.3) is 5.91 Å². The molecule has 27 heavy (non-hydrogen) atoms. The molecule has 3 aromatic heterocycles. The van der Waals surface area contributed by atoms with Crippen LogP contribution in [0.1, 0.15) is 16.1 Å². The predicted octanol–water partition coefficient (Wildman–Crippen LogP) is 2.43. The Hall–Kier alpha value is -3.52. The number of amides is 1. The summed E-state index contributed by atoms with van der Waals surface area (Å²) in [5.74, 6) is 0.412. The standard InChI is InChI=1S/C18H14ClN7O/c19-14-2-1-3-15(9-14)26-11-16(23-24-26)18(27)22-10-13-4-5-21-17(8-13)25-7-6-20-12-25/h1-9,11-12H,10H2,(H,22,27). The number of nitrogens with one attached hydrogen (secondary N) is 1. The number of aromatic nitrogens is 6. The van der Waals surface area contributed by atoms with Crippen LogP contribution in [0.2, 0.25) is 5.02 Å². The summed E-state index contributed by atoms with van der Waals surface area (Å²) >= 11 is 5.98. The first-order valence-electron chi connectivity index (χ1n) is 8.09. The van der Waals surface area contributed by atoms with Gasteiger partial charge in [0.05, 0.1) is 11.9 Å². The first-order valence-corrected chi connectivity index (χ1v) is 8.46. The van der Waals surface area contributed by atoms with Crippen molar-refractivity contribution in [3.8, 4) is 11.5 Å². The molecule has 0 aliphatic heterocycles. The number of nitrogens with zero attached hydrogens (tertiary/aromatic N) is 6. The largest absolute Gasteiger partial charge is 0.347 e. The van der Waals surface area contributed by atoms with E-state index >= 15 is 0 Å². The highest BCUT2D eigenvalue weighted by Gasteiger charge is 2.12. The molecule has 4 rings (SSSR count). The highest BCUT2D eigenvalue weighted by Crippen LogP contribution is 2.14. The van der Waals surface area contributed by atoms with Crippen LogP contribution in [0.15, 0.2) is 67.5 Å². The number of benzene rings is 1. The third-order valence-corrected chi connectivity index (χ3v) is 4.07. The number of halogens is 1. The van der Waals surface area contributed by atoms with Gasteiger partial charge in [-0.1, -0.05) is 22.9 Å². The number of carbonyl (C=O) groups excluding carboxylic acids is 1. The van der Waals surface area contributed by atoms with E-state index in [-0.39, 0.29) is 11.6 Å². The second kappa shape index (κ2) is 7.38. The van der Waals surface area contributed by atoms with Crippen molar-refractivity contribution in [1.82, 2.24) is 34.8 Å². The van der Waals surface area contributed by atoms with Gasteiger partial charge in [0.15, 0.2) is 5.69 Å². The smallest absolute Gasteiger partial charge is 0.273 e. The van der Waals surface area contributed by atoms with Crippen molar-refractivity contribution in [2.75, 3.05) is 0 Å². The van der Waals surface area contributed by atoms with E-state index in [1.165, 1.54) is 4.68 Å². The first-order chi connectivity index (χ1) is 13.2. The van der Waals surface area contributed by atoms with Crippen LogP contribution in [0.5, 0.6) is 0 Å². The van der Waals surface area contributed by atoms with Crippen LogP contribution in [0.4, 0.5) is 0 Å². The summed E-state index contributed by atoms with van der Waals surface area (Å²) in [6.45, 7) is 0.340. The number of hydrogen-bond acceptors (Lipinski definition) is 5. The van der Waals surface area contributed by atoms with Crippen molar-refractivity contribution in [3.63, 3.8) is 0 Å². The van der Waals surface area contributed by atoms with Crippen molar-refractivity contribution in [2.24, 2.45) is 0 Å². The van der Waals surface area contributed by atoms with Crippen molar-refractivity contribution >= 4 is 17.5 Å². The average molecular weight is 380 g/mol. The number of carbonyl (C=O) groups is 1. The molecule has 1 aromatic carbocycles. The molecule has 0 radical (unpaired) electrons. The topological polar surface area (TPSA) is 90.5 Å². The molecular weight excluding hydrogens is 366 g/mol. The van der Waals surface area contributed by atoms with Crippen molar-refractivity contribution in [2.45, 2.75) is 6.54 Å². The number of imidazole rings is 1. The maximum atomic E-state index is 12.4. The fraction of sp³-hybridized carbons (Fsp3) is 0.0556. The molecule has 0 aliphatic rings. The van der Waals surface area contributed by atoms with E-state index in [0.29, 0.717) is 11.6 Å². The van der Waals surface area contributed by atoms with Gasteiger partial charge in [-0.2, -0.15) is 0 Å². The second-order valence-electron chi connectivity index (χ2n) is 5.70. The van der Waals surface area contributed by atoms with E-state index in [0.717, 1.165) is 17.1 Å². The van der Waals surface area contributed by atoms with E-state index in [9.17, 15) is 4.79 Å². The second-order valence-corrected chi connectivity index (χ2v) is 6.14. The van der Waals surface area contributed by atoms with Crippen LogP contribution < -0.4 is 5.32 Å². The van der Waals surface area contributed by atoms with Crippen LogP contribution >= 0.6 is 11.6 Å². The summed E-state index contributed by atoms with van der Waals surface area (Å²) in [5.41, 5.74) is 1.86. The predicted molar refractivity (Wildman–Crippen MR) is 98.9 cm³/mol. The maximum Gasteiger partial charge on any atom is 0.273 e. The number of hydrogen-bond donors (Lipinski definition) is 1. The Labute approximate surface area is 159 Å². The minimum Gasteiger partial charge on any atom is -0.347 e. The van der Waals surface area contributed by atoms with E-state index in [1.54, 1.807) is 53.9 Å². The van der Waals surface area contributed by atoms with E-state index in [4.69, 9.17) is 11.6 Å². The zero-order valence-corrected chi connectivity index (χ0v) is 14.8. The number of rotatable bonds is 5. The highest BCUT2D eigenvalue weighted by atomic mass is 35.5. The highest BCUT2D eigenvalue weighted by molar-refractivity contribution is 6.30. The Morgan fingerprint density at radius 3 is 2.93 bits per heavy atom. The van der Waals surface area contributed by atoms with Gasteiger partial charge in [-0.25, -0.2) is 14.6 Å². The molecule has 134 valence electrons. The minimum absolute atomic E-state index is 0.221. The van der Waals surface area contributed by atoms with Crippen molar-refractivity contribution in [3.05, 3.63) is 83.8 Å². The van der Waals surface area contributed by atoms with Crippen LogP contribution in [-0.2, 0) is 6.54 Å². The molecule has 0 bridgehead atoms. The third kappa shape index (κ3) is 3.85. The Morgan fingerprint density at radius 1 is 1.19 bits per heavy atom. The lowest BCUT2D eigenvalue weighted by molar-refractivity contribution is 0.0946. The Bertz CT molecular complexity index is 1070. The van der Waals surface area contributed by atoms with Gasteiger partial charge in [0, 0.05) is 30.2 Å². The van der Waals surface area contributed by atoms with Gasteiger partial charge in [-0.3, -0.25) is 9.36 Å². The van der Waals surface area contributed by atoms with Gasteiger partial charge < -0.3 is 5.32 Å². The van der Waals surface area contributed by atoms with Gasteiger partial charge in [0.1, 0.15) is 12.1 Å². The molecule has 1 amide bonds. The van der Waals surface area contributed by atoms with Gasteiger partial charge in [-0.15, -0.1) is 5.10 Å². The monoisotopic (exact) mass is 379 g/mol. The summed E-state index contributed by atoms with van der Waals surface area (Å²) in [7, 11) is 0. The number of pyridine rings is 1. The van der Waals surface area contributed by atoms with Crippen LogP contribution in [-0.4, -0.2) is 35.4 Å². The molecule has 0 fully saturated rings. The molecule has 0 unspecified atom stereocenters. The maximum absolute atomic E-state index is 12.4. The lowest BCUT2D eigenvalue weighted by atomic mass is 10.2. The average Bonchev–Trinajstić information content (AvgIpc) is 3.38. The zero-order valence-electron chi connectivity index (χ0n) is 14.0. The molecule has 1 N–H and O–H groups in total. The first kappa shape index (κ1) is 16.9. The summed E-state index contributed by atoms with van der Waals surface area (Å²) < 4.78 is 3.30. The lowest BCUT2D eigenvalue weighted by Crippen LogP contribution is -2.23. The SMILES string of the molecule is O=C(NCc1ccnc(-n2ccnc2)c1)c1cn(-c2cccc(Cl)c2)nn1. The fourth-order valence-electron chi connectivity index (χ4n) is 2.49. The molecule has 0 spiro atoms. The van der Waals surface area contributed by atoms with Gasteiger partial charge in [-0.05, 0) is 35.9 Å². The Kier molecular flexibility index (Phi) is 4.63. The fourth-order valence-corrected chi connectivity index (χ4v) is 2.68. The van der Waals surface area contributed by atoms with Gasteiger partial charge in [0.2, 0.25) is 0 Å². The summed E-state index contributed by atoms with van der Waals surface area (Å²) in [6.07, 6.45) is 8.40. The third-order valence-electron chi connectivity index (χ3n) is 3.83. The molecule has 0 atom stereocenters. The quantitative estimate of drug-likeness (QED) is 0.575. The Morgan fingerprint density at radius 2 is 2.11 bits per heavy atom. The van der Waals surface area contributed by atoms with Crippen LogP contribution in [0.25, 0.3) is 11.5 Å². The summed E-state index contributed by atoms with van der Waals surface area (Å²) in [4.78, 5) is 20.6. The summed E-state index contributed by atoms with van der Waals surface area (Å²) in [5, 5.41) is 11.3. The van der Waals surface area contributed by atoms with E-state index in [1.807, 2.05) is 18.2 Å². The normalized spacial score (nSPS) is 10.7. The van der Waals surface area contributed by atoms with Crippen molar-refractivity contribution in [1.29, 1.82) is 0 Å². The van der Waals surface area contributed by atoms with Gasteiger partial charge >= 0.3 is 0 Å². The van der Waals surface area contributed by atoms with Crippen LogP contribution in [0.3, 0.4) is 0 Å². The molecule has 8 nitrogen and oxygen atoms in total. The lowest BCUT2D eigenvalue weighted by Gasteiger charge is -2.06. The molecule has 3 heterocycles. The molecule has 9 heteroatoms. The molecule has 0 saturated heterocycles. The van der Waals surface area contributed by atoms with E-state index in [2.05, 4.69) is 25.6 Å². The van der Waals surface area contributed by atoms with Crippen LogP contribution in [0, 0.1) is 0 Å². The molecule has 0 aliphatic carbocycles. The minimum atomic E-state index is -0.315. The molecule has 0 saturated carbocycles. The van der Waals surface area contributed by atoms with Crippen molar-refractivity contribution < 1.29 is 4.79 Å². The Balaban J connectivity index is 1.44. The zero-order chi connectivity index (χ0) is 18.6. The molecule has 4 aromatic rings. The molecular formula is C18H14ClN7O. The van der Waals surface area contributed by atoms with E-state index < -0.39 is 0 Å².